The van der Waals surface area contributed by atoms with Crippen LogP contribution in [0, 0.1) is 3.57 Å². The predicted octanol–water partition coefficient (Wildman–Crippen LogP) is 4.07. The predicted molar refractivity (Wildman–Crippen MR) is 83.3 cm³/mol. The molecule has 0 radical (unpaired) electrons. The first-order valence-corrected chi connectivity index (χ1v) is 7.01. The van der Waals surface area contributed by atoms with Crippen molar-refractivity contribution in [3.8, 4) is 22.9 Å². The van der Waals surface area contributed by atoms with Gasteiger partial charge in [0.25, 0.3) is 0 Å². The monoisotopic (exact) mass is 410 g/mol. The van der Waals surface area contributed by atoms with Crippen LogP contribution in [0.5, 0.6) is 11.5 Å². The van der Waals surface area contributed by atoms with E-state index in [2.05, 4.69) is 9.97 Å². The summed E-state index contributed by atoms with van der Waals surface area (Å²) < 4.78 is 11.1. The van der Waals surface area contributed by atoms with Gasteiger partial charge < -0.3 is 9.47 Å². The molecule has 0 saturated heterocycles. The van der Waals surface area contributed by atoms with Gasteiger partial charge in [0, 0.05) is 6.07 Å². The van der Waals surface area contributed by atoms with Crippen LogP contribution in [0.3, 0.4) is 0 Å². The Labute approximate surface area is 134 Å². The molecule has 0 aliphatic rings. The van der Waals surface area contributed by atoms with E-state index in [4.69, 9.17) is 32.7 Å². The summed E-state index contributed by atoms with van der Waals surface area (Å²) in [6.07, 6.45) is 0. The van der Waals surface area contributed by atoms with Crippen LogP contribution in [0.4, 0.5) is 0 Å². The maximum Gasteiger partial charge on any atom is 0.166 e. The Morgan fingerprint density at radius 1 is 1.05 bits per heavy atom. The maximum atomic E-state index is 6.01. The van der Waals surface area contributed by atoms with Gasteiger partial charge in [0.2, 0.25) is 0 Å². The zero-order valence-electron chi connectivity index (χ0n) is 10.1. The second-order valence-corrected chi connectivity index (χ2v) is 5.30. The summed E-state index contributed by atoms with van der Waals surface area (Å²) in [5, 5.41) is 0.627. The summed E-state index contributed by atoms with van der Waals surface area (Å²) in [6, 6.07) is 5.34. The van der Waals surface area contributed by atoms with Crippen LogP contribution < -0.4 is 9.47 Å². The fraction of sp³-hybridized carbons (Fsp3) is 0.167. The van der Waals surface area contributed by atoms with Crippen molar-refractivity contribution in [2.75, 3.05) is 14.2 Å². The Hall–Kier alpha value is -0.790. The molecule has 0 spiro atoms. The number of methoxy groups -OCH3 is 2. The Bertz CT molecular complexity index is 600. The third-order valence-electron chi connectivity index (χ3n) is 2.42. The largest absolute Gasteiger partial charge is 0.497 e. The highest BCUT2D eigenvalue weighted by Crippen LogP contribution is 2.33. The molecular formula is C12H9Cl2IN2O2. The molecule has 1 heterocycles. The lowest BCUT2D eigenvalue weighted by atomic mass is 10.2. The quantitative estimate of drug-likeness (QED) is 0.565. The number of benzene rings is 1. The van der Waals surface area contributed by atoms with Gasteiger partial charge in [-0.05, 0) is 34.7 Å². The second-order valence-electron chi connectivity index (χ2n) is 3.51. The van der Waals surface area contributed by atoms with Crippen LogP contribution in [-0.2, 0) is 0 Å². The number of hydrogen-bond donors (Lipinski definition) is 0. The first kappa shape index (κ1) is 14.6. The van der Waals surface area contributed by atoms with E-state index >= 15 is 0 Å². The van der Waals surface area contributed by atoms with Gasteiger partial charge in [-0.3, -0.25) is 0 Å². The van der Waals surface area contributed by atoms with Crippen LogP contribution in [0.15, 0.2) is 18.2 Å². The molecule has 4 nitrogen and oxygen atoms in total. The molecule has 0 aliphatic heterocycles. The van der Waals surface area contributed by atoms with Gasteiger partial charge in [-0.1, -0.05) is 23.2 Å². The number of rotatable bonds is 3. The number of ether oxygens (including phenoxy) is 2. The van der Waals surface area contributed by atoms with Crippen molar-refractivity contribution in [2.45, 2.75) is 0 Å². The minimum atomic E-state index is 0.313. The third kappa shape index (κ3) is 3.04. The van der Waals surface area contributed by atoms with Crippen LogP contribution >= 0.6 is 45.8 Å². The van der Waals surface area contributed by atoms with Crippen molar-refractivity contribution in [3.63, 3.8) is 0 Å². The Morgan fingerprint density at radius 3 is 2.21 bits per heavy atom. The Balaban J connectivity index is 2.58. The third-order valence-corrected chi connectivity index (χ3v) is 4.63. The molecule has 2 aromatic rings. The molecule has 19 heavy (non-hydrogen) atoms. The van der Waals surface area contributed by atoms with Gasteiger partial charge in [-0.25, -0.2) is 9.97 Å². The minimum absolute atomic E-state index is 0.313. The lowest BCUT2D eigenvalue weighted by molar-refractivity contribution is 0.395. The van der Waals surface area contributed by atoms with E-state index < -0.39 is 0 Å². The average molecular weight is 411 g/mol. The van der Waals surface area contributed by atoms with E-state index in [1.54, 1.807) is 32.4 Å². The number of aromatic nitrogens is 2. The highest BCUT2D eigenvalue weighted by molar-refractivity contribution is 14.1. The van der Waals surface area contributed by atoms with Crippen molar-refractivity contribution >= 4 is 45.8 Å². The van der Waals surface area contributed by atoms with Crippen molar-refractivity contribution in [1.82, 2.24) is 9.97 Å². The normalized spacial score (nSPS) is 10.4. The van der Waals surface area contributed by atoms with Crippen molar-refractivity contribution in [3.05, 3.63) is 32.1 Å². The summed E-state index contributed by atoms with van der Waals surface area (Å²) in [5.74, 6) is 1.69. The van der Waals surface area contributed by atoms with Crippen molar-refractivity contribution in [1.29, 1.82) is 0 Å². The standard InChI is InChI=1S/C12H9Cl2IN2O2/c1-18-6-3-4-7(8(5-6)19-2)12-16-10(13)9(15)11(14)17-12/h3-5H,1-2H3. The van der Waals surface area contributed by atoms with Gasteiger partial charge in [-0.15, -0.1) is 0 Å². The Kier molecular flexibility index (Phi) is 4.70. The molecule has 1 aromatic heterocycles. The van der Waals surface area contributed by atoms with Crippen molar-refractivity contribution in [2.24, 2.45) is 0 Å². The van der Waals surface area contributed by atoms with E-state index in [0.29, 0.717) is 36.8 Å². The molecule has 7 heteroatoms. The number of nitrogens with zero attached hydrogens (tertiary/aromatic N) is 2. The van der Waals surface area contributed by atoms with Gasteiger partial charge in [0.1, 0.15) is 21.8 Å². The SMILES string of the molecule is COc1ccc(-c2nc(Cl)c(I)c(Cl)n2)c(OC)c1. The van der Waals surface area contributed by atoms with Crippen molar-refractivity contribution < 1.29 is 9.47 Å². The smallest absolute Gasteiger partial charge is 0.166 e. The topological polar surface area (TPSA) is 44.2 Å². The number of hydrogen-bond acceptors (Lipinski definition) is 4. The molecular weight excluding hydrogens is 402 g/mol. The minimum Gasteiger partial charge on any atom is -0.497 e. The molecule has 0 fully saturated rings. The van der Waals surface area contributed by atoms with Crippen LogP contribution in [0.2, 0.25) is 10.3 Å². The average Bonchev–Trinajstić information content (AvgIpc) is 2.43. The molecule has 1 aromatic carbocycles. The molecule has 0 bridgehead atoms. The summed E-state index contributed by atoms with van der Waals surface area (Å²) in [7, 11) is 3.15. The van der Waals surface area contributed by atoms with Crippen LogP contribution in [0.1, 0.15) is 0 Å². The highest BCUT2D eigenvalue weighted by atomic mass is 127. The van der Waals surface area contributed by atoms with Gasteiger partial charge >= 0.3 is 0 Å². The molecule has 0 atom stereocenters. The van der Waals surface area contributed by atoms with Crippen LogP contribution in [-0.4, -0.2) is 24.2 Å². The summed E-state index contributed by atoms with van der Waals surface area (Å²) in [6.45, 7) is 0. The Morgan fingerprint density at radius 2 is 1.68 bits per heavy atom. The van der Waals surface area contributed by atoms with Gasteiger partial charge in [0.15, 0.2) is 5.82 Å². The lowest BCUT2D eigenvalue weighted by Crippen LogP contribution is -1.97. The molecule has 0 aliphatic carbocycles. The molecule has 100 valence electrons. The fourth-order valence-electron chi connectivity index (χ4n) is 1.50. The van der Waals surface area contributed by atoms with E-state index in [1.807, 2.05) is 22.6 Å². The van der Waals surface area contributed by atoms with E-state index in [1.165, 1.54) is 0 Å². The van der Waals surface area contributed by atoms with Gasteiger partial charge in [0.05, 0.1) is 23.4 Å². The first-order chi connectivity index (χ1) is 9.06. The summed E-state index contributed by atoms with van der Waals surface area (Å²) >= 11 is 14.0. The molecule has 0 N–H and O–H groups in total. The lowest BCUT2D eigenvalue weighted by Gasteiger charge is -2.10. The fourth-order valence-corrected chi connectivity index (χ4v) is 2.13. The molecule has 0 saturated carbocycles. The molecule has 0 unspecified atom stereocenters. The first-order valence-electron chi connectivity index (χ1n) is 5.17. The second kappa shape index (κ2) is 6.11. The zero-order chi connectivity index (χ0) is 14.0. The zero-order valence-corrected chi connectivity index (χ0v) is 13.7. The number of halogens is 3. The summed E-state index contributed by atoms with van der Waals surface area (Å²) in [4.78, 5) is 8.42. The molecule has 0 amide bonds. The van der Waals surface area contributed by atoms with Crippen LogP contribution in [0.25, 0.3) is 11.4 Å². The van der Waals surface area contributed by atoms with Gasteiger partial charge in [-0.2, -0.15) is 0 Å². The summed E-state index contributed by atoms with van der Waals surface area (Å²) in [5.41, 5.74) is 0.698. The van der Waals surface area contributed by atoms with E-state index in [0.717, 1.165) is 0 Å². The highest BCUT2D eigenvalue weighted by Gasteiger charge is 2.14. The molecule has 2 rings (SSSR count). The maximum absolute atomic E-state index is 6.01. The van der Waals surface area contributed by atoms with E-state index in [-0.39, 0.29) is 0 Å². The van der Waals surface area contributed by atoms with E-state index in [9.17, 15) is 0 Å².